The Balaban J connectivity index is 1.94. The fraction of sp³-hybridized carbons (Fsp3) is 0.533. The summed E-state index contributed by atoms with van der Waals surface area (Å²) in [6.07, 6.45) is 2.42. The van der Waals surface area contributed by atoms with E-state index in [1.807, 2.05) is 18.2 Å². The van der Waals surface area contributed by atoms with Gasteiger partial charge in [-0.2, -0.15) is 5.26 Å². The van der Waals surface area contributed by atoms with Crippen LogP contribution in [0.25, 0.3) is 0 Å². The molecule has 1 saturated heterocycles. The van der Waals surface area contributed by atoms with Crippen LogP contribution in [-0.4, -0.2) is 25.9 Å². The molecule has 0 saturated carbocycles. The molecule has 0 amide bonds. The quantitative estimate of drug-likeness (QED) is 0.902. The number of hydrogen-bond donors (Lipinski definition) is 1. The fourth-order valence-corrected chi connectivity index (χ4v) is 2.40. The van der Waals surface area contributed by atoms with Crippen molar-refractivity contribution in [2.24, 2.45) is 0 Å². The Kier molecular flexibility index (Phi) is 4.78. The zero-order valence-corrected chi connectivity index (χ0v) is 11.5. The highest BCUT2D eigenvalue weighted by Gasteiger charge is 2.18. The van der Waals surface area contributed by atoms with Gasteiger partial charge in [-0.15, -0.1) is 0 Å². The van der Waals surface area contributed by atoms with Gasteiger partial charge in [-0.3, -0.25) is 0 Å². The topological polar surface area (TPSA) is 54.3 Å². The number of benzene rings is 1. The largest absolute Gasteiger partial charge is 0.495 e. The van der Waals surface area contributed by atoms with Crippen LogP contribution in [0.2, 0.25) is 0 Å². The van der Waals surface area contributed by atoms with E-state index in [4.69, 9.17) is 14.7 Å². The summed E-state index contributed by atoms with van der Waals surface area (Å²) in [5, 5.41) is 12.6. The van der Waals surface area contributed by atoms with Crippen molar-refractivity contribution in [2.45, 2.75) is 38.5 Å². The first-order chi connectivity index (χ1) is 9.22. The molecular formula is C15H20N2O2. The monoisotopic (exact) mass is 260 g/mol. The molecule has 102 valence electrons. The van der Waals surface area contributed by atoms with Gasteiger partial charge in [0.25, 0.3) is 0 Å². The minimum atomic E-state index is 0.330. The van der Waals surface area contributed by atoms with Crippen molar-refractivity contribution in [1.82, 2.24) is 5.32 Å². The third-order valence-electron chi connectivity index (χ3n) is 3.46. The van der Waals surface area contributed by atoms with Crippen molar-refractivity contribution in [1.29, 1.82) is 5.26 Å². The molecule has 0 aliphatic carbocycles. The van der Waals surface area contributed by atoms with Gasteiger partial charge in [0, 0.05) is 19.2 Å². The minimum Gasteiger partial charge on any atom is -0.495 e. The van der Waals surface area contributed by atoms with E-state index in [1.165, 1.54) is 0 Å². The molecule has 0 bridgehead atoms. The van der Waals surface area contributed by atoms with Crippen molar-refractivity contribution in [3.63, 3.8) is 0 Å². The molecule has 1 fully saturated rings. The van der Waals surface area contributed by atoms with Gasteiger partial charge in [0.2, 0.25) is 0 Å². The van der Waals surface area contributed by atoms with Gasteiger partial charge in [-0.1, -0.05) is 6.07 Å². The lowest BCUT2D eigenvalue weighted by Crippen LogP contribution is -2.37. The van der Waals surface area contributed by atoms with Crippen molar-refractivity contribution >= 4 is 0 Å². The second-order valence-electron chi connectivity index (χ2n) is 4.93. The summed E-state index contributed by atoms with van der Waals surface area (Å²) < 4.78 is 10.7. The van der Waals surface area contributed by atoms with Gasteiger partial charge >= 0.3 is 0 Å². The number of methoxy groups -OCH3 is 1. The van der Waals surface area contributed by atoms with Crippen LogP contribution in [0.3, 0.4) is 0 Å². The molecule has 2 rings (SSSR count). The summed E-state index contributed by atoms with van der Waals surface area (Å²) in [5.74, 6) is 0.630. The summed E-state index contributed by atoms with van der Waals surface area (Å²) >= 11 is 0. The van der Waals surface area contributed by atoms with Crippen LogP contribution in [0.1, 0.15) is 30.9 Å². The highest BCUT2D eigenvalue weighted by Crippen LogP contribution is 2.19. The molecule has 0 radical (unpaired) electrons. The molecule has 1 aromatic rings. The van der Waals surface area contributed by atoms with Crippen molar-refractivity contribution in [2.75, 3.05) is 13.7 Å². The van der Waals surface area contributed by atoms with Gasteiger partial charge in [0.05, 0.1) is 18.8 Å². The molecular weight excluding hydrogens is 240 g/mol. The normalized spacial score (nSPS) is 22.8. The minimum absolute atomic E-state index is 0.330. The highest BCUT2D eigenvalue weighted by molar-refractivity contribution is 5.45. The van der Waals surface area contributed by atoms with E-state index in [0.717, 1.165) is 31.6 Å². The van der Waals surface area contributed by atoms with Crippen LogP contribution in [-0.2, 0) is 11.3 Å². The molecule has 0 spiro atoms. The maximum Gasteiger partial charge on any atom is 0.136 e. The zero-order valence-electron chi connectivity index (χ0n) is 11.5. The second kappa shape index (κ2) is 6.55. The van der Waals surface area contributed by atoms with Crippen LogP contribution in [0.5, 0.6) is 5.75 Å². The smallest absolute Gasteiger partial charge is 0.136 e. The predicted molar refractivity (Wildman–Crippen MR) is 73.0 cm³/mol. The van der Waals surface area contributed by atoms with E-state index in [1.54, 1.807) is 7.11 Å². The molecule has 4 nitrogen and oxygen atoms in total. The Labute approximate surface area is 114 Å². The first-order valence-corrected chi connectivity index (χ1v) is 6.65. The molecule has 19 heavy (non-hydrogen) atoms. The van der Waals surface area contributed by atoms with Crippen LogP contribution in [0, 0.1) is 11.3 Å². The molecule has 1 heterocycles. The fourth-order valence-electron chi connectivity index (χ4n) is 2.40. The molecule has 1 aliphatic heterocycles. The molecule has 1 aliphatic rings. The Bertz CT molecular complexity index is 468. The van der Waals surface area contributed by atoms with Crippen molar-refractivity contribution < 1.29 is 9.47 Å². The van der Waals surface area contributed by atoms with Crippen LogP contribution >= 0.6 is 0 Å². The summed E-state index contributed by atoms with van der Waals surface area (Å²) in [6, 6.07) is 8.38. The maximum atomic E-state index is 9.06. The van der Waals surface area contributed by atoms with E-state index in [9.17, 15) is 0 Å². The SMILES string of the molecule is COc1ccc(CNC2CCOC(C)C2)cc1C#N. The molecule has 0 aromatic heterocycles. The summed E-state index contributed by atoms with van der Waals surface area (Å²) in [7, 11) is 1.58. The number of rotatable bonds is 4. The lowest BCUT2D eigenvalue weighted by Gasteiger charge is -2.28. The predicted octanol–water partition coefficient (Wildman–Crippen LogP) is 2.22. The summed E-state index contributed by atoms with van der Waals surface area (Å²) in [4.78, 5) is 0. The summed E-state index contributed by atoms with van der Waals surface area (Å²) in [5.41, 5.74) is 1.69. The lowest BCUT2D eigenvalue weighted by molar-refractivity contribution is 0.0130. The molecule has 2 unspecified atom stereocenters. The summed E-state index contributed by atoms with van der Waals surface area (Å²) in [6.45, 7) is 3.70. The Morgan fingerprint density at radius 1 is 1.53 bits per heavy atom. The number of hydrogen-bond acceptors (Lipinski definition) is 4. The van der Waals surface area contributed by atoms with Gasteiger partial charge in [-0.25, -0.2) is 0 Å². The van der Waals surface area contributed by atoms with E-state index in [2.05, 4.69) is 18.3 Å². The second-order valence-corrected chi connectivity index (χ2v) is 4.93. The molecule has 4 heteroatoms. The van der Waals surface area contributed by atoms with E-state index >= 15 is 0 Å². The van der Waals surface area contributed by atoms with Gasteiger partial charge in [0.1, 0.15) is 11.8 Å². The van der Waals surface area contributed by atoms with E-state index in [0.29, 0.717) is 23.5 Å². The third kappa shape index (κ3) is 3.69. The Hall–Kier alpha value is -1.57. The Morgan fingerprint density at radius 3 is 3.05 bits per heavy atom. The number of ether oxygens (including phenoxy) is 2. The van der Waals surface area contributed by atoms with Crippen molar-refractivity contribution in [3.05, 3.63) is 29.3 Å². The number of nitriles is 1. The van der Waals surface area contributed by atoms with Gasteiger partial charge < -0.3 is 14.8 Å². The lowest BCUT2D eigenvalue weighted by atomic mass is 10.0. The standard InChI is InChI=1S/C15H20N2O2/c1-11-7-14(5-6-19-11)17-10-12-3-4-15(18-2)13(8-12)9-16/h3-4,8,11,14,17H,5-7,10H2,1-2H3. The first-order valence-electron chi connectivity index (χ1n) is 6.65. The zero-order chi connectivity index (χ0) is 13.7. The highest BCUT2D eigenvalue weighted by atomic mass is 16.5. The maximum absolute atomic E-state index is 9.06. The first kappa shape index (κ1) is 13.9. The van der Waals surface area contributed by atoms with E-state index in [-0.39, 0.29) is 0 Å². The van der Waals surface area contributed by atoms with Crippen molar-refractivity contribution in [3.8, 4) is 11.8 Å². The molecule has 2 atom stereocenters. The molecule has 1 N–H and O–H groups in total. The number of nitrogens with one attached hydrogen (secondary N) is 1. The van der Waals surface area contributed by atoms with Crippen LogP contribution in [0.15, 0.2) is 18.2 Å². The average Bonchev–Trinajstić information content (AvgIpc) is 2.45. The van der Waals surface area contributed by atoms with Crippen LogP contribution in [0.4, 0.5) is 0 Å². The van der Waals surface area contributed by atoms with Gasteiger partial charge in [0.15, 0.2) is 0 Å². The number of nitrogens with zero attached hydrogens (tertiary/aromatic N) is 1. The molecule has 1 aromatic carbocycles. The van der Waals surface area contributed by atoms with Gasteiger partial charge in [-0.05, 0) is 37.5 Å². The van der Waals surface area contributed by atoms with E-state index < -0.39 is 0 Å². The van der Waals surface area contributed by atoms with Crippen LogP contribution < -0.4 is 10.1 Å². The third-order valence-corrected chi connectivity index (χ3v) is 3.46. The Morgan fingerprint density at radius 2 is 2.37 bits per heavy atom. The average molecular weight is 260 g/mol.